The second-order valence-electron chi connectivity index (χ2n) is 7.08. The zero-order valence-electron chi connectivity index (χ0n) is 17.1. The quantitative estimate of drug-likeness (QED) is 0.261. The number of nitrogens with one attached hydrogen (secondary N) is 4. The van der Waals surface area contributed by atoms with Gasteiger partial charge in [0.2, 0.25) is 5.91 Å². The predicted molar refractivity (Wildman–Crippen MR) is 124 cm³/mol. The fourth-order valence-corrected chi connectivity index (χ4v) is 3.31. The minimum Gasteiger partial charge on any atom is -0.396 e. The maximum Gasteiger partial charge on any atom is 0.220 e. The number of amides is 1. The fourth-order valence-electron chi connectivity index (χ4n) is 3.12. The highest BCUT2D eigenvalue weighted by Gasteiger charge is 2.13. The van der Waals surface area contributed by atoms with Crippen molar-refractivity contribution in [2.45, 2.75) is 19.4 Å². The lowest BCUT2D eigenvalue weighted by molar-refractivity contribution is -0.121. The Kier molecular flexibility index (Phi) is 6.78. The van der Waals surface area contributed by atoms with E-state index in [1.165, 1.54) is 6.33 Å². The Balaban J connectivity index is 1.48. The smallest absolute Gasteiger partial charge is 0.220 e. The van der Waals surface area contributed by atoms with Gasteiger partial charge in [-0.1, -0.05) is 29.8 Å². The van der Waals surface area contributed by atoms with Crippen LogP contribution in [-0.2, 0) is 11.3 Å². The number of nitrogens with zero attached hydrogens (tertiary/aromatic N) is 3. The molecule has 2 aromatic heterocycles. The number of anilines is 4. The molecule has 2 heterocycles. The second-order valence-corrected chi connectivity index (χ2v) is 7.52. The summed E-state index contributed by atoms with van der Waals surface area (Å²) in [5.41, 5.74) is 3.13. The van der Waals surface area contributed by atoms with Crippen LogP contribution in [0.3, 0.4) is 0 Å². The molecule has 0 spiro atoms. The molecule has 164 valence electrons. The molecule has 2 aromatic carbocycles. The van der Waals surface area contributed by atoms with Crippen LogP contribution in [0.4, 0.5) is 23.0 Å². The van der Waals surface area contributed by atoms with Gasteiger partial charge >= 0.3 is 0 Å². The van der Waals surface area contributed by atoms with Gasteiger partial charge in [-0.3, -0.25) is 9.89 Å². The van der Waals surface area contributed by atoms with Crippen molar-refractivity contribution in [2.75, 3.05) is 17.2 Å². The van der Waals surface area contributed by atoms with Crippen molar-refractivity contribution in [3.63, 3.8) is 0 Å². The van der Waals surface area contributed by atoms with Gasteiger partial charge in [-0.05, 0) is 42.3 Å². The number of carbonyl (C=O) groups excluding carboxylic acids is 1. The van der Waals surface area contributed by atoms with E-state index in [2.05, 4.69) is 36.1 Å². The maximum atomic E-state index is 11.7. The van der Waals surface area contributed by atoms with Gasteiger partial charge in [-0.15, -0.1) is 0 Å². The summed E-state index contributed by atoms with van der Waals surface area (Å²) in [6, 6.07) is 15.0. The zero-order chi connectivity index (χ0) is 22.3. The van der Waals surface area contributed by atoms with E-state index in [4.69, 9.17) is 16.7 Å². The van der Waals surface area contributed by atoms with Gasteiger partial charge in [0.1, 0.15) is 23.3 Å². The molecule has 0 aliphatic carbocycles. The Morgan fingerprint density at radius 3 is 2.69 bits per heavy atom. The minimum atomic E-state index is -0.0788. The number of halogens is 1. The van der Waals surface area contributed by atoms with E-state index < -0.39 is 0 Å². The molecule has 0 bridgehead atoms. The van der Waals surface area contributed by atoms with Crippen molar-refractivity contribution in [2.24, 2.45) is 0 Å². The lowest BCUT2D eigenvalue weighted by Crippen LogP contribution is -2.22. The van der Waals surface area contributed by atoms with Gasteiger partial charge in [-0.25, -0.2) is 9.97 Å². The van der Waals surface area contributed by atoms with Crippen molar-refractivity contribution in [1.29, 1.82) is 0 Å². The Labute approximate surface area is 189 Å². The average Bonchev–Trinajstić information content (AvgIpc) is 3.21. The number of aromatic amines is 1. The Bertz CT molecular complexity index is 1210. The number of aliphatic hydroxyl groups excluding tert-OH is 1. The van der Waals surface area contributed by atoms with E-state index in [-0.39, 0.29) is 12.5 Å². The molecule has 0 saturated carbocycles. The molecular weight excluding hydrogens is 430 g/mol. The number of aliphatic hydroxyl groups is 1. The summed E-state index contributed by atoms with van der Waals surface area (Å²) in [6.45, 7) is 0.441. The summed E-state index contributed by atoms with van der Waals surface area (Å²) in [5.74, 6) is 1.16. The second kappa shape index (κ2) is 10.1. The number of aromatic nitrogens is 4. The van der Waals surface area contributed by atoms with Crippen LogP contribution in [0.2, 0.25) is 5.02 Å². The number of benzene rings is 2. The molecule has 4 rings (SSSR count). The summed E-state index contributed by atoms with van der Waals surface area (Å²) in [4.78, 5) is 20.3. The number of fused-ring (bicyclic) bond motifs is 1. The van der Waals surface area contributed by atoms with Gasteiger partial charge in [0, 0.05) is 36.0 Å². The van der Waals surface area contributed by atoms with E-state index in [0.717, 1.165) is 16.9 Å². The van der Waals surface area contributed by atoms with Crippen LogP contribution in [0.5, 0.6) is 0 Å². The summed E-state index contributed by atoms with van der Waals surface area (Å²) >= 11 is 6.08. The highest BCUT2D eigenvalue weighted by Crippen LogP contribution is 2.30. The third-order valence-electron chi connectivity index (χ3n) is 4.71. The molecule has 4 aromatic rings. The lowest BCUT2D eigenvalue weighted by Gasteiger charge is -2.10. The first-order chi connectivity index (χ1) is 15.6. The number of carbonyl (C=O) groups is 1. The number of hydrogen-bond acceptors (Lipinski definition) is 7. The van der Waals surface area contributed by atoms with Crippen molar-refractivity contribution < 1.29 is 9.90 Å². The summed E-state index contributed by atoms with van der Waals surface area (Å²) < 4.78 is 0. The van der Waals surface area contributed by atoms with Crippen molar-refractivity contribution in [1.82, 2.24) is 25.5 Å². The summed E-state index contributed by atoms with van der Waals surface area (Å²) in [5, 5.41) is 26.8. The number of rotatable bonds is 9. The standard InChI is InChI=1S/C22H22ClN7O2/c23-15-3-1-4-17(11-15)28-20-19-21(26-13-25-20)29-30-22(19)27-16-8-6-14(7-9-16)12-24-18(32)5-2-10-31/h1,3-4,6-9,11,13,31H,2,5,10,12H2,(H,24,32)(H3,25,26,27,28,29,30). The van der Waals surface area contributed by atoms with Gasteiger partial charge in [0.15, 0.2) is 5.65 Å². The van der Waals surface area contributed by atoms with Crippen molar-refractivity contribution in [3.8, 4) is 0 Å². The molecular formula is C22H22ClN7O2. The summed E-state index contributed by atoms with van der Waals surface area (Å²) in [7, 11) is 0. The summed E-state index contributed by atoms with van der Waals surface area (Å²) in [6.07, 6.45) is 2.23. The Morgan fingerprint density at radius 1 is 1.06 bits per heavy atom. The molecule has 0 saturated heterocycles. The van der Waals surface area contributed by atoms with Crippen LogP contribution in [0, 0.1) is 0 Å². The van der Waals surface area contributed by atoms with Crippen LogP contribution in [0.1, 0.15) is 18.4 Å². The molecule has 0 radical (unpaired) electrons. The first-order valence-corrected chi connectivity index (χ1v) is 10.5. The predicted octanol–water partition coefficient (Wildman–Crippen LogP) is 3.88. The Hall–Kier alpha value is -3.69. The first kappa shape index (κ1) is 21.5. The molecule has 32 heavy (non-hydrogen) atoms. The fraction of sp³-hybridized carbons (Fsp3) is 0.182. The van der Waals surface area contributed by atoms with Crippen LogP contribution >= 0.6 is 11.6 Å². The highest BCUT2D eigenvalue weighted by atomic mass is 35.5. The van der Waals surface area contributed by atoms with E-state index >= 15 is 0 Å². The van der Waals surface area contributed by atoms with E-state index in [0.29, 0.717) is 47.1 Å². The average molecular weight is 452 g/mol. The van der Waals surface area contributed by atoms with E-state index in [1.54, 1.807) is 6.07 Å². The first-order valence-electron chi connectivity index (χ1n) is 10.1. The molecule has 5 N–H and O–H groups in total. The van der Waals surface area contributed by atoms with Gasteiger partial charge in [-0.2, -0.15) is 5.10 Å². The zero-order valence-corrected chi connectivity index (χ0v) is 17.9. The molecule has 0 fully saturated rings. The topological polar surface area (TPSA) is 128 Å². The molecule has 0 unspecified atom stereocenters. The van der Waals surface area contributed by atoms with Gasteiger partial charge < -0.3 is 21.1 Å². The monoisotopic (exact) mass is 451 g/mol. The largest absolute Gasteiger partial charge is 0.396 e. The minimum absolute atomic E-state index is 0.0113. The maximum absolute atomic E-state index is 11.7. The van der Waals surface area contributed by atoms with Crippen LogP contribution in [0.25, 0.3) is 11.0 Å². The Morgan fingerprint density at radius 2 is 1.91 bits per heavy atom. The molecule has 1 amide bonds. The third-order valence-corrected chi connectivity index (χ3v) is 4.95. The van der Waals surface area contributed by atoms with Gasteiger partial charge in [0.05, 0.1) is 0 Å². The third kappa shape index (κ3) is 5.32. The van der Waals surface area contributed by atoms with Crippen LogP contribution < -0.4 is 16.0 Å². The molecule has 0 aliphatic heterocycles. The SMILES string of the molecule is O=C(CCCO)NCc1ccc(Nc2[nH]nc3ncnc(Nc4cccc(Cl)c4)c23)cc1. The highest BCUT2D eigenvalue weighted by molar-refractivity contribution is 6.30. The molecule has 10 heteroatoms. The normalized spacial score (nSPS) is 10.8. The molecule has 0 aliphatic rings. The number of hydrogen-bond donors (Lipinski definition) is 5. The number of H-pyrrole nitrogens is 1. The molecule has 0 atom stereocenters. The molecule has 9 nitrogen and oxygen atoms in total. The van der Waals surface area contributed by atoms with Gasteiger partial charge in [0.25, 0.3) is 0 Å². The van der Waals surface area contributed by atoms with Crippen molar-refractivity contribution >= 4 is 51.6 Å². The van der Waals surface area contributed by atoms with Crippen molar-refractivity contribution in [3.05, 3.63) is 65.4 Å². The van der Waals surface area contributed by atoms with Crippen LogP contribution in [-0.4, -0.2) is 37.8 Å². The van der Waals surface area contributed by atoms with E-state index in [9.17, 15) is 4.79 Å². The lowest BCUT2D eigenvalue weighted by atomic mass is 10.2. The van der Waals surface area contributed by atoms with Crippen LogP contribution in [0.15, 0.2) is 54.9 Å². The van der Waals surface area contributed by atoms with E-state index in [1.807, 2.05) is 42.5 Å².